The van der Waals surface area contributed by atoms with Crippen LogP contribution in [0.5, 0.6) is 0 Å². The number of carboxylic acids is 2. The Kier molecular flexibility index (Phi) is 18.9. The quantitative estimate of drug-likeness (QED) is 0.0196. The highest BCUT2D eigenvalue weighted by Crippen LogP contribution is 2.72. The number of nitrogens with zero attached hydrogens (tertiary/aromatic N) is 6. The Morgan fingerprint density at radius 3 is 2.31 bits per heavy atom. The van der Waals surface area contributed by atoms with Crippen molar-refractivity contribution in [3.8, 4) is 11.1 Å². The number of nitrogens with one attached hydrogen (secondary N) is 3. The number of unbranched alkanes of at least 4 members (excludes halogenated alkanes) is 1. The van der Waals surface area contributed by atoms with E-state index in [9.17, 15) is 52.0 Å². The van der Waals surface area contributed by atoms with Crippen LogP contribution in [0.25, 0.3) is 21.3 Å². The van der Waals surface area contributed by atoms with Crippen LogP contribution in [0.4, 0.5) is 21.4 Å². The van der Waals surface area contributed by atoms with Crippen LogP contribution in [-0.2, 0) is 66.5 Å². The van der Waals surface area contributed by atoms with Crippen molar-refractivity contribution in [3.63, 3.8) is 0 Å². The minimum atomic E-state index is -4.51. The topological polar surface area (TPSA) is 328 Å². The van der Waals surface area contributed by atoms with Crippen molar-refractivity contribution in [2.75, 3.05) is 47.5 Å². The van der Waals surface area contributed by atoms with E-state index in [0.29, 0.717) is 96.2 Å². The minimum absolute atomic E-state index is 0.0334. The molecule has 11 rings (SSSR count). The number of benzene rings is 3. The molecule has 4 atom stereocenters. The van der Waals surface area contributed by atoms with Gasteiger partial charge in [-0.2, -0.15) is 13.5 Å². The molecule has 8 N–H and O–H groups in total. The number of thiazole rings is 1. The van der Waals surface area contributed by atoms with Crippen LogP contribution in [0.15, 0.2) is 79.0 Å². The van der Waals surface area contributed by atoms with Gasteiger partial charge in [-0.1, -0.05) is 69.4 Å². The minimum Gasteiger partial charge on any atom is -0.481 e. The lowest BCUT2D eigenvalue weighted by molar-refractivity contribution is -0.248. The van der Waals surface area contributed by atoms with Gasteiger partial charge in [0.25, 0.3) is 16.0 Å². The van der Waals surface area contributed by atoms with Crippen molar-refractivity contribution >= 4 is 84.1 Å². The molecule has 480 valence electrons. The summed E-state index contributed by atoms with van der Waals surface area (Å²) in [5.41, 5.74) is 11.4. The first-order chi connectivity index (χ1) is 42.6. The Bertz CT molecular complexity index is 3820. The number of aromatic carboxylic acids is 1. The van der Waals surface area contributed by atoms with Crippen LogP contribution in [0.2, 0.25) is 0 Å². The number of carbonyl (C=O) groups is 6. The van der Waals surface area contributed by atoms with Gasteiger partial charge in [0, 0.05) is 67.2 Å². The molecule has 4 saturated carbocycles. The van der Waals surface area contributed by atoms with Gasteiger partial charge in [0.15, 0.2) is 10.8 Å². The van der Waals surface area contributed by atoms with Crippen molar-refractivity contribution in [1.82, 2.24) is 30.0 Å². The number of carbonyl (C=O) groups excluding carboxylic acids is 4. The normalized spacial score (nSPS) is 21.6. The van der Waals surface area contributed by atoms with E-state index in [-0.39, 0.29) is 66.5 Å². The Hall–Kier alpha value is -7.84. The zero-order chi connectivity index (χ0) is 64.5. The summed E-state index contributed by atoms with van der Waals surface area (Å²) in [5.74, 6) is -3.81. The average Bonchev–Trinajstić information content (AvgIpc) is 0.698. The van der Waals surface area contributed by atoms with E-state index in [0.717, 1.165) is 59.1 Å². The van der Waals surface area contributed by atoms with Crippen molar-refractivity contribution in [2.24, 2.45) is 27.9 Å². The molecule has 4 amide bonds. The lowest BCUT2D eigenvalue weighted by atomic mass is 9.39. The van der Waals surface area contributed by atoms with Crippen molar-refractivity contribution in [1.29, 1.82) is 0 Å². The molecule has 0 saturated heterocycles. The molecule has 23 nitrogen and oxygen atoms in total. The number of ether oxygens (including phenoxy) is 2. The Balaban J connectivity index is 0.810. The van der Waals surface area contributed by atoms with E-state index in [1.165, 1.54) is 23.2 Å². The molecular weight excluding hydrogens is 1190 g/mol. The number of rotatable bonds is 26. The SMILES string of the molecule is Cc1c(-c2ccc(N3CCc4cccc(C(=O)Nc5nc6ccccc6s5)c4C3)nc2C(=O)O)cnn1CC12CC3(C)CC(C)(C1)CC(OCCN(CCS(=O)(=O)O)C(=O)OCc1ccc(NC(=O)C(C)NC(=O)C(N)C(C)C)cc1CCCCC(=O)O)(C3)C2. The van der Waals surface area contributed by atoms with Gasteiger partial charge in [-0.3, -0.25) is 33.7 Å². The first-order valence-corrected chi connectivity index (χ1v) is 33.0. The molecule has 90 heavy (non-hydrogen) atoms. The van der Waals surface area contributed by atoms with Crippen LogP contribution in [0.1, 0.15) is 141 Å². The molecule has 6 aromatic rings. The standard InChI is InChI=1S/C65H80N10O13S2/c1-39(2)54(66)58(80)68-40(3)56(78)69-45-19-18-44(43(28-45)12-7-10-17-53(76)77)31-87-61(83)73(25-27-90(84,85)86)24-26-88-65-35-62(5)32-63(6,36-65)34-64(33-62,37-65)38-75-41(4)48(29-67-75)46-20-21-52(71-55(46)59(81)82)74-23-22-42-13-11-14-47(49(42)30-74)57(79)72-60-70-50-15-8-9-16-51(50)89-60/h8-9,11,13-16,18-21,28-29,39-40,54H,7,10,12,17,22-27,30-38,66H2,1-6H3,(H,68,80)(H,69,78)(H,76,77)(H,81,82)(H,70,72,79)(H,84,85,86). The van der Waals surface area contributed by atoms with E-state index >= 15 is 0 Å². The predicted molar refractivity (Wildman–Crippen MR) is 340 cm³/mol. The maximum atomic E-state index is 14.0. The summed E-state index contributed by atoms with van der Waals surface area (Å²) >= 11 is 1.40. The summed E-state index contributed by atoms with van der Waals surface area (Å²) in [5, 5.41) is 33.9. The maximum absolute atomic E-state index is 14.0. The number of hydrogen-bond donors (Lipinski definition) is 7. The monoisotopic (exact) mass is 1270 g/mol. The van der Waals surface area contributed by atoms with Gasteiger partial charge in [0.05, 0.1) is 40.4 Å². The second kappa shape index (κ2) is 26.2. The van der Waals surface area contributed by atoms with Gasteiger partial charge >= 0.3 is 18.0 Å². The number of anilines is 3. The van der Waals surface area contributed by atoms with Gasteiger partial charge in [-0.15, -0.1) is 0 Å². The first kappa shape index (κ1) is 65.1. The molecule has 4 bridgehead atoms. The second-order valence-electron chi connectivity index (χ2n) is 26.3. The third-order valence-electron chi connectivity index (χ3n) is 18.3. The van der Waals surface area contributed by atoms with Gasteiger partial charge < -0.3 is 45.9 Å². The number of nitrogens with two attached hydrogens (primary N) is 1. The van der Waals surface area contributed by atoms with Crippen molar-refractivity contribution in [2.45, 2.75) is 150 Å². The van der Waals surface area contributed by atoms with E-state index < -0.39 is 63.4 Å². The summed E-state index contributed by atoms with van der Waals surface area (Å²) in [7, 11) is -4.51. The zero-order valence-electron chi connectivity index (χ0n) is 51.7. The van der Waals surface area contributed by atoms with Crippen LogP contribution >= 0.6 is 11.3 Å². The summed E-state index contributed by atoms with van der Waals surface area (Å²) < 4.78 is 49.8. The highest BCUT2D eigenvalue weighted by atomic mass is 32.2. The number of aromatic nitrogens is 4. The molecule has 0 spiro atoms. The summed E-state index contributed by atoms with van der Waals surface area (Å²) in [4.78, 5) is 90.6. The number of pyridine rings is 1. The fourth-order valence-corrected chi connectivity index (χ4v) is 16.5. The van der Waals surface area contributed by atoms with Crippen molar-refractivity contribution in [3.05, 3.63) is 118 Å². The Morgan fingerprint density at radius 1 is 0.844 bits per heavy atom. The van der Waals surface area contributed by atoms with E-state index in [2.05, 4.69) is 34.8 Å². The summed E-state index contributed by atoms with van der Waals surface area (Å²) in [6, 6.07) is 20.2. The van der Waals surface area contributed by atoms with Gasteiger partial charge in [0.2, 0.25) is 11.8 Å². The zero-order valence-corrected chi connectivity index (χ0v) is 53.3. The van der Waals surface area contributed by atoms with Crippen LogP contribution in [-0.4, -0.2) is 133 Å². The number of aliphatic carboxylic acids is 1. The van der Waals surface area contributed by atoms with Gasteiger partial charge in [-0.25, -0.2) is 19.6 Å². The first-order valence-electron chi connectivity index (χ1n) is 30.6. The molecule has 4 aliphatic carbocycles. The lowest BCUT2D eigenvalue weighted by Gasteiger charge is -2.69. The lowest BCUT2D eigenvalue weighted by Crippen LogP contribution is -2.64. The van der Waals surface area contributed by atoms with Crippen LogP contribution in [0, 0.1) is 29.1 Å². The van der Waals surface area contributed by atoms with Crippen molar-refractivity contribution < 1.29 is 61.4 Å². The summed E-state index contributed by atoms with van der Waals surface area (Å²) in [6.07, 6.45) is 7.63. The number of hydrogen-bond acceptors (Lipinski definition) is 16. The average molecular weight is 1270 g/mol. The molecule has 3 aromatic carbocycles. The highest BCUT2D eigenvalue weighted by molar-refractivity contribution is 7.85. The van der Waals surface area contributed by atoms with Gasteiger partial charge in [0.1, 0.15) is 18.5 Å². The van der Waals surface area contributed by atoms with Crippen LogP contribution in [0.3, 0.4) is 0 Å². The highest BCUT2D eigenvalue weighted by Gasteiger charge is 2.66. The van der Waals surface area contributed by atoms with E-state index in [1.54, 1.807) is 50.4 Å². The molecule has 25 heteroatoms. The number of carboxylic acid groups (broad SMARTS) is 2. The maximum Gasteiger partial charge on any atom is 0.410 e. The number of amides is 4. The Morgan fingerprint density at radius 2 is 1.60 bits per heavy atom. The predicted octanol–water partition coefficient (Wildman–Crippen LogP) is 9.26. The number of fused-ring (bicyclic) bond motifs is 2. The Labute approximate surface area is 527 Å². The van der Waals surface area contributed by atoms with Gasteiger partial charge in [-0.05, 0) is 165 Å². The van der Waals surface area contributed by atoms with Crippen LogP contribution < -0.4 is 26.6 Å². The number of para-hydroxylation sites is 1. The largest absolute Gasteiger partial charge is 0.481 e. The van der Waals surface area contributed by atoms with E-state index in [1.807, 2.05) is 59.0 Å². The molecule has 4 unspecified atom stereocenters. The molecule has 4 fully saturated rings. The smallest absolute Gasteiger partial charge is 0.410 e. The second-order valence-corrected chi connectivity index (χ2v) is 28.9. The molecule has 5 aliphatic rings. The molecule has 0 radical (unpaired) electrons. The summed E-state index contributed by atoms with van der Waals surface area (Å²) in [6.45, 7) is 12.4. The molecular formula is C65H80N10O13S2. The fraction of sp³-hybridized carbons (Fsp3) is 0.492. The third kappa shape index (κ3) is 15.0. The molecule has 4 heterocycles. The molecule has 3 aromatic heterocycles. The third-order valence-corrected chi connectivity index (χ3v) is 20.0. The van der Waals surface area contributed by atoms with E-state index in [4.69, 9.17) is 25.3 Å². The fourth-order valence-electron chi connectivity index (χ4n) is 15.1. The molecule has 1 aliphatic heterocycles. The number of aryl methyl sites for hydroxylation is 1.